The van der Waals surface area contributed by atoms with Crippen molar-refractivity contribution in [2.45, 2.75) is 25.8 Å². The van der Waals surface area contributed by atoms with Gasteiger partial charge in [0, 0.05) is 25.2 Å². The normalized spacial score (nSPS) is 20.4. The lowest BCUT2D eigenvalue weighted by atomic mass is 9.57. The van der Waals surface area contributed by atoms with Gasteiger partial charge in [-0.3, -0.25) is 4.79 Å². The van der Waals surface area contributed by atoms with Crippen molar-refractivity contribution in [3.8, 4) is 0 Å². The van der Waals surface area contributed by atoms with Gasteiger partial charge in [0.15, 0.2) is 6.29 Å². The van der Waals surface area contributed by atoms with Crippen LogP contribution in [0.2, 0.25) is 5.02 Å². The fraction of sp³-hybridized carbons (Fsp3) is 0.588. The summed E-state index contributed by atoms with van der Waals surface area (Å²) in [6, 6.07) is 3.98. The van der Waals surface area contributed by atoms with Gasteiger partial charge in [0.2, 0.25) is 0 Å². The first-order valence-electron chi connectivity index (χ1n) is 7.64. The molecule has 4 heteroatoms. The third-order valence-corrected chi connectivity index (χ3v) is 5.27. The predicted molar refractivity (Wildman–Crippen MR) is 86.0 cm³/mol. The van der Waals surface area contributed by atoms with Gasteiger partial charge in [-0.1, -0.05) is 17.7 Å². The van der Waals surface area contributed by atoms with Gasteiger partial charge in [-0.25, -0.2) is 0 Å². The summed E-state index contributed by atoms with van der Waals surface area (Å²) in [5, 5.41) is 3.95. The number of halogens is 1. The van der Waals surface area contributed by atoms with Gasteiger partial charge >= 0.3 is 0 Å². The molecule has 0 bridgehead atoms. The van der Waals surface area contributed by atoms with E-state index in [1.165, 1.54) is 31.5 Å². The second-order valence-corrected chi connectivity index (χ2v) is 7.44. The van der Waals surface area contributed by atoms with Gasteiger partial charge in [0.05, 0.1) is 5.02 Å². The Bertz CT molecular complexity index is 544. The predicted octanol–water partition coefficient (Wildman–Crippen LogP) is 2.76. The molecule has 1 heterocycles. The molecule has 21 heavy (non-hydrogen) atoms. The van der Waals surface area contributed by atoms with Crippen LogP contribution in [-0.2, 0) is 13.0 Å². The fourth-order valence-corrected chi connectivity index (χ4v) is 4.11. The zero-order chi connectivity index (χ0) is 15.0. The molecule has 3 rings (SSSR count). The lowest BCUT2D eigenvalue weighted by Crippen LogP contribution is -2.60. The molecule has 3 nitrogen and oxygen atoms in total. The van der Waals surface area contributed by atoms with Crippen LogP contribution >= 0.6 is 11.6 Å². The van der Waals surface area contributed by atoms with Gasteiger partial charge in [0.25, 0.3) is 0 Å². The summed E-state index contributed by atoms with van der Waals surface area (Å²) >= 11 is 6.19. The van der Waals surface area contributed by atoms with E-state index in [0.29, 0.717) is 16.0 Å². The lowest BCUT2D eigenvalue weighted by Gasteiger charge is -2.54. The Morgan fingerprint density at radius 2 is 2.10 bits per heavy atom. The van der Waals surface area contributed by atoms with E-state index in [4.69, 9.17) is 11.6 Å². The molecule has 0 aromatic heterocycles. The molecule has 1 spiro atoms. The van der Waals surface area contributed by atoms with Gasteiger partial charge < -0.3 is 10.2 Å². The quantitative estimate of drug-likeness (QED) is 0.849. The molecule has 1 aromatic carbocycles. The van der Waals surface area contributed by atoms with Crippen LogP contribution in [0.25, 0.3) is 0 Å². The summed E-state index contributed by atoms with van der Waals surface area (Å²) in [4.78, 5) is 13.5. The summed E-state index contributed by atoms with van der Waals surface area (Å²) in [7, 11) is 4.05. The molecular weight excluding hydrogens is 284 g/mol. The van der Waals surface area contributed by atoms with E-state index in [0.717, 1.165) is 30.7 Å². The Balaban J connectivity index is 1.78. The van der Waals surface area contributed by atoms with E-state index in [1.807, 2.05) is 20.2 Å². The first kappa shape index (κ1) is 15.0. The molecule has 0 radical (unpaired) electrons. The summed E-state index contributed by atoms with van der Waals surface area (Å²) in [6.45, 7) is 3.14. The average molecular weight is 307 g/mol. The van der Waals surface area contributed by atoms with Crippen molar-refractivity contribution < 1.29 is 4.79 Å². The topological polar surface area (TPSA) is 32.3 Å². The molecule has 0 amide bonds. The number of carbonyl (C=O) groups excluding carboxylic acids is 1. The van der Waals surface area contributed by atoms with Crippen LogP contribution < -0.4 is 5.32 Å². The number of carbonyl (C=O) groups is 1. The number of benzene rings is 1. The monoisotopic (exact) mass is 306 g/mol. The van der Waals surface area contributed by atoms with Crippen molar-refractivity contribution in [2.24, 2.45) is 11.3 Å². The van der Waals surface area contributed by atoms with E-state index in [9.17, 15) is 4.79 Å². The molecule has 0 unspecified atom stereocenters. The van der Waals surface area contributed by atoms with Crippen LogP contribution in [0.5, 0.6) is 0 Å². The first-order valence-corrected chi connectivity index (χ1v) is 8.02. The zero-order valence-corrected chi connectivity index (χ0v) is 13.5. The Morgan fingerprint density at radius 3 is 2.62 bits per heavy atom. The highest BCUT2D eigenvalue weighted by Gasteiger charge is 2.48. The van der Waals surface area contributed by atoms with Gasteiger partial charge in [-0.15, -0.1) is 0 Å². The number of nitrogens with zero attached hydrogens (tertiary/aromatic N) is 1. The molecule has 1 saturated heterocycles. The van der Waals surface area contributed by atoms with Crippen LogP contribution in [0, 0.1) is 11.3 Å². The molecule has 1 aliphatic heterocycles. The van der Waals surface area contributed by atoms with Crippen LogP contribution in [-0.4, -0.2) is 38.4 Å². The van der Waals surface area contributed by atoms with Crippen molar-refractivity contribution in [3.63, 3.8) is 0 Å². The van der Waals surface area contributed by atoms with Crippen molar-refractivity contribution in [1.82, 2.24) is 10.2 Å². The number of hydrogen-bond donors (Lipinski definition) is 1. The highest BCUT2D eigenvalue weighted by Crippen LogP contribution is 2.49. The van der Waals surface area contributed by atoms with Gasteiger partial charge in [-0.05, 0) is 61.9 Å². The molecule has 1 N–H and O–H groups in total. The third-order valence-electron chi connectivity index (χ3n) is 4.95. The molecule has 114 valence electrons. The molecule has 2 fully saturated rings. The number of rotatable bonds is 5. The third kappa shape index (κ3) is 2.87. The maximum Gasteiger partial charge on any atom is 0.151 e. The Morgan fingerprint density at radius 1 is 1.38 bits per heavy atom. The fourth-order valence-electron chi connectivity index (χ4n) is 3.89. The van der Waals surface area contributed by atoms with Crippen molar-refractivity contribution in [2.75, 3.05) is 27.2 Å². The van der Waals surface area contributed by atoms with Crippen LogP contribution in [0.1, 0.15) is 34.3 Å². The number of aldehydes is 1. The van der Waals surface area contributed by atoms with E-state index >= 15 is 0 Å². The average Bonchev–Trinajstić information content (AvgIpc) is 2.33. The standard InChI is InChI=1S/C17H23ClN2O/c1-20(2)8-14-13(3-4-16(18)15(14)9-21)5-12-6-17(7-12)10-19-11-17/h3-4,9,12,19H,5-8,10-11H2,1-2H3. The lowest BCUT2D eigenvalue weighted by molar-refractivity contribution is 0.000763. The molecular formula is C17H23ClN2O. The molecule has 1 aliphatic carbocycles. The van der Waals surface area contributed by atoms with Crippen LogP contribution in [0.3, 0.4) is 0 Å². The number of hydrogen-bond acceptors (Lipinski definition) is 3. The second-order valence-electron chi connectivity index (χ2n) is 7.04. The Kier molecular flexibility index (Phi) is 4.08. The SMILES string of the molecule is CN(C)Cc1c(CC2CC3(CNC3)C2)ccc(Cl)c1C=O. The maximum atomic E-state index is 11.4. The van der Waals surface area contributed by atoms with E-state index in [-0.39, 0.29) is 0 Å². The highest BCUT2D eigenvalue weighted by molar-refractivity contribution is 6.33. The summed E-state index contributed by atoms with van der Waals surface area (Å²) < 4.78 is 0. The van der Waals surface area contributed by atoms with Crippen LogP contribution in [0.4, 0.5) is 0 Å². The minimum Gasteiger partial charge on any atom is -0.316 e. The molecule has 2 aliphatic rings. The zero-order valence-electron chi connectivity index (χ0n) is 12.8. The second kappa shape index (κ2) is 5.71. The Labute approximate surface area is 131 Å². The van der Waals surface area contributed by atoms with E-state index in [2.05, 4.69) is 16.3 Å². The Hall–Kier alpha value is -0.900. The van der Waals surface area contributed by atoms with E-state index < -0.39 is 0 Å². The molecule has 1 saturated carbocycles. The number of nitrogens with one attached hydrogen (secondary N) is 1. The summed E-state index contributed by atoms with van der Waals surface area (Å²) in [5.41, 5.74) is 3.67. The molecule has 0 atom stereocenters. The highest BCUT2D eigenvalue weighted by atomic mass is 35.5. The van der Waals surface area contributed by atoms with Gasteiger partial charge in [0.1, 0.15) is 0 Å². The van der Waals surface area contributed by atoms with Crippen molar-refractivity contribution >= 4 is 17.9 Å². The minimum absolute atomic E-state index is 0.568. The van der Waals surface area contributed by atoms with Crippen molar-refractivity contribution in [1.29, 1.82) is 0 Å². The van der Waals surface area contributed by atoms with Gasteiger partial charge in [-0.2, -0.15) is 0 Å². The van der Waals surface area contributed by atoms with E-state index in [1.54, 1.807) is 0 Å². The minimum atomic E-state index is 0.568. The van der Waals surface area contributed by atoms with Crippen LogP contribution in [0.15, 0.2) is 12.1 Å². The maximum absolute atomic E-state index is 11.4. The summed E-state index contributed by atoms with van der Waals surface area (Å²) in [5.74, 6) is 0.758. The first-order chi connectivity index (χ1) is 10.0. The largest absolute Gasteiger partial charge is 0.316 e. The molecule has 1 aromatic rings. The van der Waals surface area contributed by atoms with Crippen molar-refractivity contribution in [3.05, 3.63) is 33.8 Å². The smallest absolute Gasteiger partial charge is 0.151 e. The summed E-state index contributed by atoms with van der Waals surface area (Å²) in [6.07, 6.45) is 4.62.